The van der Waals surface area contributed by atoms with Crippen LogP contribution in [-0.4, -0.2) is 19.8 Å². The third-order valence-electron chi connectivity index (χ3n) is 3.34. The van der Waals surface area contributed by atoms with E-state index in [1.54, 1.807) is 0 Å². The summed E-state index contributed by atoms with van der Waals surface area (Å²) in [7, 11) is 0. The standard InChI is InChI=1S/C11H23NO/c1-9(2)11(3,7-12)8-13-6-10-4-5-10/h9-10H,4-8,12H2,1-3H3. The molecule has 0 aromatic rings. The molecule has 78 valence electrons. The molecule has 0 amide bonds. The highest BCUT2D eigenvalue weighted by Gasteiger charge is 2.28. The molecule has 13 heavy (non-hydrogen) atoms. The average Bonchev–Trinajstić information content (AvgIpc) is 2.87. The Bertz CT molecular complexity index is 154. The Morgan fingerprint density at radius 3 is 2.46 bits per heavy atom. The van der Waals surface area contributed by atoms with E-state index in [4.69, 9.17) is 10.5 Å². The number of nitrogens with two attached hydrogens (primary N) is 1. The van der Waals surface area contributed by atoms with E-state index >= 15 is 0 Å². The Kier molecular flexibility index (Phi) is 3.74. The second-order valence-electron chi connectivity index (χ2n) is 4.97. The van der Waals surface area contributed by atoms with Gasteiger partial charge in [-0.25, -0.2) is 0 Å². The van der Waals surface area contributed by atoms with Gasteiger partial charge < -0.3 is 10.5 Å². The topological polar surface area (TPSA) is 35.2 Å². The molecule has 0 aromatic carbocycles. The van der Waals surface area contributed by atoms with Crippen LogP contribution in [0.1, 0.15) is 33.6 Å². The monoisotopic (exact) mass is 185 g/mol. The van der Waals surface area contributed by atoms with Gasteiger partial charge in [0.2, 0.25) is 0 Å². The van der Waals surface area contributed by atoms with E-state index in [0.29, 0.717) is 5.92 Å². The van der Waals surface area contributed by atoms with Gasteiger partial charge in [-0.3, -0.25) is 0 Å². The fourth-order valence-corrected chi connectivity index (χ4v) is 1.20. The zero-order chi connectivity index (χ0) is 9.90. The Morgan fingerprint density at radius 2 is 2.08 bits per heavy atom. The minimum Gasteiger partial charge on any atom is -0.381 e. The molecule has 1 aliphatic rings. The number of hydrogen-bond donors (Lipinski definition) is 1. The van der Waals surface area contributed by atoms with E-state index in [0.717, 1.165) is 25.7 Å². The van der Waals surface area contributed by atoms with Crippen molar-refractivity contribution in [3.8, 4) is 0 Å². The minimum absolute atomic E-state index is 0.162. The molecule has 1 rings (SSSR count). The summed E-state index contributed by atoms with van der Waals surface area (Å²) < 4.78 is 5.69. The molecule has 0 heterocycles. The summed E-state index contributed by atoms with van der Waals surface area (Å²) >= 11 is 0. The highest BCUT2D eigenvalue weighted by molar-refractivity contribution is 4.79. The first-order chi connectivity index (χ1) is 6.08. The van der Waals surface area contributed by atoms with Crippen molar-refractivity contribution in [2.45, 2.75) is 33.6 Å². The average molecular weight is 185 g/mol. The highest BCUT2D eigenvalue weighted by Crippen LogP contribution is 2.31. The van der Waals surface area contributed by atoms with Gasteiger partial charge in [0.1, 0.15) is 0 Å². The van der Waals surface area contributed by atoms with Crippen molar-refractivity contribution >= 4 is 0 Å². The van der Waals surface area contributed by atoms with Gasteiger partial charge in [-0.05, 0) is 24.7 Å². The SMILES string of the molecule is CC(C)C(C)(CN)COCC1CC1. The van der Waals surface area contributed by atoms with Crippen molar-refractivity contribution in [1.29, 1.82) is 0 Å². The van der Waals surface area contributed by atoms with E-state index < -0.39 is 0 Å². The first-order valence-corrected chi connectivity index (χ1v) is 5.36. The van der Waals surface area contributed by atoms with Crippen LogP contribution in [0.4, 0.5) is 0 Å². The summed E-state index contributed by atoms with van der Waals surface area (Å²) in [6, 6.07) is 0. The van der Waals surface area contributed by atoms with Gasteiger partial charge in [-0.2, -0.15) is 0 Å². The van der Waals surface area contributed by atoms with E-state index in [2.05, 4.69) is 20.8 Å². The van der Waals surface area contributed by atoms with Gasteiger partial charge >= 0.3 is 0 Å². The van der Waals surface area contributed by atoms with Crippen molar-refractivity contribution < 1.29 is 4.74 Å². The molecular weight excluding hydrogens is 162 g/mol. The van der Waals surface area contributed by atoms with E-state index in [1.165, 1.54) is 12.8 Å². The lowest BCUT2D eigenvalue weighted by molar-refractivity contribution is 0.0266. The Hall–Kier alpha value is -0.0800. The van der Waals surface area contributed by atoms with Crippen molar-refractivity contribution in [2.24, 2.45) is 23.0 Å². The van der Waals surface area contributed by atoms with Gasteiger partial charge in [0.15, 0.2) is 0 Å². The molecule has 2 N–H and O–H groups in total. The van der Waals surface area contributed by atoms with Crippen LogP contribution in [0.3, 0.4) is 0 Å². The molecule has 1 aliphatic carbocycles. The maximum absolute atomic E-state index is 5.76. The van der Waals surface area contributed by atoms with Crippen LogP contribution in [0.5, 0.6) is 0 Å². The molecule has 2 heteroatoms. The maximum atomic E-state index is 5.76. The van der Waals surface area contributed by atoms with Crippen molar-refractivity contribution in [1.82, 2.24) is 0 Å². The van der Waals surface area contributed by atoms with Gasteiger partial charge in [0.25, 0.3) is 0 Å². The van der Waals surface area contributed by atoms with Crippen LogP contribution in [0.2, 0.25) is 0 Å². The number of rotatable bonds is 6. The second-order valence-corrected chi connectivity index (χ2v) is 4.97. The van der Waals surface area contributed by atoms with Crippen LogP contribution in [-0.2, 0) is 4.74 Å². The van der Waals surface area contributed by atoms with Crippen molar-refractivity contribution in [3.05, 3.63) is 0 Å². The lowest BCUT2D eigenvalue weighted by atomic mass is 9.80. The highest BCUT2D eigenvalue weighted by atomic mass is 16.5. The van der Waals surface area contributed by atoms with E-state index in [1.807, 2.05) is 0 Å². The Morgan fingerprint density at radius 1 is 1.46 bits per heavy atom. The summed E-state index contributed by atoms with van der Waals surface area (Å²) in [5.74, 6) is 1.45. The molecule has 2 nitrogen and oxygen atoms in total. The van der Waals surface area contributed by atoms with Crippen LogP contribution in [0.15, 0.2) is 0 Å². The quantitative estimate of drug-likeness (QED) is 0.687. The summed E-state index contributed by atoms with van der Waals surface area (Å²) in [6.07, 6.45) is 2.72. The predicted octanol–water partition coefficient (Wildman–Crippen LogP) is 2.03. The van der Waals surface area contributed by atoms with Gasteiger partial charge in [0, 0.05) is 18.6 Å². The summed E-state index contributed by atoms with van der Waals surface area (Å²) in [4.78, 5) is 0. The zero-order valence-corrected chi connectivity index (χ0v) is 9.18. The third kappa shape index (κ3) is 3.28. The fraction of sp³-hybridized carbons (Fsp3) is 1.00. The smallest absolute Gasteiger partial charge is 0.0534 e. The Balaban J connectivity index is 2.20. The number of hydrogen-bond acceptors (Lipinski definition) is 2. The zero-order valence-electron chi connectivity index (χ0n) is 9.18. The third-order valence-corrected chi connectivity index (χ3v) is 3.34. The largest absolute Gasteiger partial charge is 0.381 e. The normalized spacial score (nSPS) is 21.9. The molecule has 0 bridgehead atoms. The van der Waals surface area contributed by atoms with Crippen LogP contribution < -0.4 is 5.73 Å². The maximum Gasteiger partial charge on any atom is 0.0534 e. The molecule has 1 unspecified atom stereocenters. The molecule has 0 radical (unpaired) electrons. The summed E-state index contributed by atoms with van der Waals surface area (Å²) in [6.45, 7) is 9.13. The predicted molar refractivity (Wildman–Crippen MR) is 55.5 cm³/mol. The van der Waals surface area contributed by atoms with Crippen molar-refractivity contribution in [3.63, 3.8) is 0 Å². The van der Waals surface area contributed by atoms with E-state index in [-0.39, 0.29) is 5.41 Å². The van der Waals surface area contributed by atoms with Gasteiger partial charge in [-0.15, -0.1) is 0 Å². The fourth-order valence-electron chi connectivity index (χ4n) is 1.20. The summed E-state index contributed by atoms with van der Waals surface area (Å²) in [5.41, 5.74) is 5.92. The molecule has 1 saturated carbocycles. The molecule has 1 fully saturated rings. The molecular formula is C11H23NO. The lowest BCUT2D eigenvalue weighted by Crippen LogP contribution is -2.37. The molecule has 0 aliphatic heterocycles. The molecule has 1 atom stereocenters. The van der Waals surface area contributed by atoms with Gasteiger partial charge in [0.05, 0.1) is 6.61 Å². The lowest BCUT2D eigenvalue weighted by Gasteiger charge is -2.32. The second kappa shape index (κ2) is 4.43. The Labute approximate surface area is 81.8 Å². The van der Waals surface area contributed by atoms with Crippen LogP contribution in [0.25, 0.3) is 0 Å². The van der Waals surface area contributed by atoms with Crippen molar-refractivity contribution in [2.75, 3.05) is 19.8 Å². The van der Waals surface area contributed by atoms with Crippen LogP contribution >= 0.6 is 0 Å². The van der Waals surface area contributed by atoms with Gasteiger partial charge in [-0.1, -0.05) is 20.8 Å². The summed E-state index contributed by atoms with van der Waals surface area (Å²) in [5, 5.41) is 0. The first kappa shape index (κ1) is 11.0. The van der Waals surface area contributed by atoms with E-state index in [9.17, 15) is 0 Å². The molecule has 0 spiro atoms. The minimum atomic E-state index is 0.162. The molecule has 0 saturated heterocycles. The number of ether oxygens (including phenoxy) is 1. The first-order valence-electron chi connectivity index (χ1n) is 5.36. The molecule has 0 aromatic heterocycles. The van der Waals surface area contributed by atoms with Crippen LogP contribution in [0, 0.1) is 17.3 Å².